The number of allylic oxidation sites excluding steroid dienone is 2. The van der Waals surface area contributed by atoms with Crippen molar-refractivity contribution in [1.82, 2.24) is 0 Å². The zero-order chi connectivity index (χ0) is 16.0. The fourth-order valence-corrected chi connectivity index (χ4v) is 22.1. The number of ketones is 1. The third-order valence-electron chi connectivity index (χ3n) is 6.16. The van der Waals surface area contributed by atoms with Crippen molar-refractivity contribution in [2.24, 2.45) is 11.8 Å². The number of carbonyl (C=O) groups is 1. The van der Waals surface area contributed by atoms with Crippen LogP contribution >= 0.6 is 0 Å². The van der Waals surface area contributed by atoms with E-state index >= 15 is 0 Å². The molecule has 2 aliphatic carbocycles. The molecule has 2 unspecified atom stereocenters. The maximum atomic E-state index is 11.7. The fraction of sp³-hybridized carbons (Fsp3) is 0.850. The zero-order valence-corrected chi connectivity index (χ0v) is 18.0. The first-order valence-electron chi connectivity index (χ1n) is 9.88. The van der Waals surface area contributed by atoms with Crippen molar-refractivity contribution < 1.29 is 4.79 Å². The first-order chi connectivity index (χ1) is 10.6. The molecule has 0 aromatic carbocycles. The second kappa shape index (κ2) is 8.89. The molecule has 126 valence electrons. The Bertz CT molecular complexity index is 377. The van der Waals surface area contributed by atoms with Crippen molar-refractivity contribution >= 4 is 24.2 Å². The summed E-state index contributed by atoms with van der Waals surface area (Å²) in [5.74, 6) is 1.88. The van der Waals surface area contributed by atoms with Gasteiger partial charge in [-0.05, 0) is 0 Å². The van der Waals surface area contributed by atoms with E-state index in [0.717, 1.165) is 12.8 Å². The number of hydrogen-bond acceptors (Lipinski definition) is 1. The Morgan fingerprint density at radius 1 is 0.909 bits per heavy atom. The summed E-state index contributed by atoms with van der Waals surface area (Å²) in [4.78, 5) is 11.7. The molecule has 0 aliphatic heterocycles. The summed E-state index contributed by atoms with van der Waals surface area (Å²) in [5.41, 5.74) is 0. The van der Waals surface area contributed by atoms with Crippen molar-refractivity contribution in [1.29, 1.82) is 0 Å². The predicted molar refractivity (Wildman–Crippen MR) is 98.8 cm³/mol. The van der Waals surface area contributed by atoms with Crippen LogP contribution in [0.25, 0.3) is 0 Å². The molecular formula is C20H36OSn. The molecule has 0 radical (unpaired) electrons. The van der Waals surface area contributed by atoms with Crippen molar-refractivity contribution in [3.8, 4) is 0 Å². The minimum atomic E-state index is -2.15. The van der Waals surface area contributed by atoms with Crippen LogP contribution in [0.2, 0.25) is 13.3 Å². The predicted octanol–water partition coefficient (Wildman–Crippen LogP) is 6.30. The van der Waals surface area contributed by atoms with E-state index in [1.165, 1.54) is 44.9 Å². The molecule has 0 N–H and O–H groups in total. The molecule has 1 saturated carbocycles. The van der Waals surface area contributed by atoms with Crippen molar-refractivity contribution in [3.05, 3.63) is 9.67 Å². The zero-order valence-electron chi connectivity index (χ0n) is 15.1. The summed E-state index contributed by atoms with van der Waals surface area (Å²) in [5, 5.41) is 0. The second-order valence-electron chi connectivity index (χ2n) is 7.86. The van der Waals surface area contributed by atoms with Crippen molar-refractivity contribution in [3.63, 3.8) is 0 Å². The molecule has 2 heteroatoms. The third kappa shape index (κ3) is 4.39. The summed E-state index contributed by atoms with van der Waals surface area (Å²) < 4.78 is 6.73. The van der Waals surface area contributed by atoms with E-state index in [-0.39, 0.29) is 0 Å². The van der Waals surface area contributed by atoms with Crippen LogP contribution in [0, 0.1) is 11.8 Å². The summed E-state index contributed by atoms with van der Waals surface area (Å²) in [6.45, 7) is 7.06. The van der Waals surface area contributed by atoms with Gasteiger partial charge in [0, 0.05) is 0 Å². The molecule has 0 spiro atoms. The number of hydrogen-bond donors (Lipinski definition) is 0. The first-order valence-corrected chi connectivity index (χ1v) is 17.4. The molecule has 2 aliphatic rings. The van der Waals surface area contributed by atoms with Gasteiger partial charge in [-0.25, -0.2) is 0 Å². The quantitative estimate of drug-likeness (QED) is 0.386. The number of rotatable bonds is 10. The summed E-state index contributed by atoms with van der Waals surface area (Å²) in [7, 11) is 0. The Balaban J connectivity index is 2.17. The van der Waals surface area contributed by atoms with Crippen molar-refractivity contribution in [2.75, 3.05) is 0 Å². The normalized spacial score (nSPS) is 24.7. The number of Topliss-reactive ketones (excluding diaryl/α,β-unsaturated/α-hetero) is 1. The fourth-order valence-electron chi connectivity index (χ4n) is 4.78. The Labute approximate surface area is 142 Å². The minimum absolute atomic E-state index is 0.529. The standard InChI is InChI=1S/C8H9O.3C4H9.Sn/c9-8-4-6-2-1-3-7(6)5-8;3*1-3-4-2;/h2,6-7H,3-5H2;3*1,3-4H2,2H3;. The van der Waals surface area contributed by atoms with Gasteiger partial charge in [0.15, 0.2) is 0 Å². The molecule has 1 fully saturated rings. The van der Waals surface area contributed by atoms with Crippen LogP contribution in [0.4, 0.5) is 0 Å². The Kier molecular flexibility index (Phi) is 7.50. The third-order valence-corrected chi connectivity index (χ3v) is 22.3. The average Bonchev–Trinajstić information content (AvgIpc) is 3.04. The van der Waals surface area contributed by atoms with Gasteiger partial charge < -0.3 is 0 Å². The second-order valence-corrected chi connectivity index (χ2v) is 21.3. The average molecular weight is 411 g/mol. The topological polar surface area (TPSA) is 17.1 Å². The van der Waals surface area contributed by atoms with Gasteiger partial charge in [-0.2, -0.15) is 0 Å². The van der Waals surface area contributed by atoms with Gasteiger partial charge in [-0.15, -0.1) is 0 Å². The Morgan fingerprint density at radius 2 is 1.45 bits per heavy atom. The van der Waals surface area contributed by atoms with Gasteiger partial charge in [0.1, 0.15) is 0 Å². The van der Waals surface area contributed by atoms with Gasteiger partial charge in [0.05, 0.1) is 0 Å². The van der Waals surface area contributed by atoms with Gasteiger partial charge in [0.25, 0.3) is 0 Å². The Hall–Kier alpha value is 0.209. The number of unbranched alkanes of at least 4 members (excludes halogenated alkanes) is 3. The van der Waals surface area contributed by atoms with Crippen LogP contribution in [-0.2, 0) is 4.79 Å². The maximum absolute atomic E-state index is 11.7. The van der Waals surface area contributed by atoms with Crippen LogP contribution in [-0.4, -0.2) is 24.2 Å². The van der Waals surface area contributed by atoms with Crippen LogP contribution < -0.4 is 0 Å². The molecule has 22 heavy (non-hydrogen) atoms. The van der Waals surface area contributed by atoms with Crippen LogP contribution in [0.1, 0.15) is 78.6 Å². The Morgan fingerprint density at radius 3 is 1.91 bits per heavy atom. The SMILES string of the molecule is CCC[CH2][Sn]([CH2]CCC)([CH2]CCC)[C]1=CC2CC(=O)CC2C1. The summed E-state index contributed by atoms with van der Waals surface area (Å²) in [6.07, 6.45) is 14.2. The number of carbonyl (C=O) groups excluding carboxylic acids is 1. The van der Waals surface area contributed by atoms with E-state index in [1.807, 2.05) is 3.59 Å². The van der Waals surface area contributed by atoms with Gasteiger partial charge in [0.2, 0.25) is 0 Å². The summed E-state index contributed by atoms with van der Waals surface area (Å²) in [6, 6.07) is 0. The molecule has 0 heterocycles. The van der Waals surface area contributed by atoms with E-state index in [9.17, 15) is 4.79 Å². The molecule has 0 amide bonds. The van der Waals surface area contributed by atoms with Crippen LogP contribution in [0.15, 0.2) is 9.67 Å². The molecule has 0 saturated heterocycles. The monoisotopic (exact) mass is 412 g/mol. The molecule has 2 rings (SSSR count). The van der Waals surface area contributed by atoms with Crippen LogP contribution in [0.3, 0.4) is 0 Å². The van der Waals surface area contributed by atoms with E-state index in [1.54, 1.807) is 13.3 Å². The van der Waals surface area contributed by atoms with Gasteiger partial charge >= 0.3 is 142 Å². The summed E-state index contributed by atoms with van der Waals surface area (Å²) >= 11 is -2.15. The molecule has 0 aromatic heterocycles. The van der Waals surface area contributed by atoms with E-state index in [0.29, 0.717) is 17.6 Å². The number of fused-ring (bicyclic) bond motifs is 1. The van der Waals surface area contributed by atoms with E-state index in [4.69, 9.17) is 0 Å². The molecule has 2 atom stereocenters. The van der Waals surface area contributed by atoms with E-state index < -0.39 is 18.4 Å². The van der Waals surface area contributed by atoms with Crippen LogP contribution in [0.5, 0.6) is 0 Å². The molecule has 1 nitrogen and oxygen atoms in total. The van der Waals surface area contributed by atoms with Crippen molar-refractivity contribution in [2.45, 2.75) is 91.9 Å². The molecule has 0 aromatic rings. The first kappa shape index (κ1) is 18.5. The van der Waals surface area contributed by atoms with E-state index in [2.05, 4.69) is 26.8 Å². The molecule has 0 bridgehead atoms. The van der Waals surface area contributed by atoms with Gasteiger partial charge in [-0.3, -0.25) is 0 Å². The van der Waals surface area contributed by atoms with Gasteiger partial charge in [-0.1, -0.05) is 0 Å². The molecular weight excluding hydrogens is 375 g/mol.